The molecule has 3 aromatic rings. The number of amides is 1. The Morgan fingerprint density at radius 3 is 2.33 bits per heavy atom. The van der Waals surface area contributed by atoms with Crippen LogP contribution in [0.1, 0.15) is 27.6 Å². The van der Waals surface area contributed by atoms with E-state index in [0.717, 1.165) is 0 Å². The van der Waals surface area contributed by atoms with Gasteiger partial charge in [-0.3, -0.25) is 9.78 Å². The van der Waals surface area contributed by atoms with Crippen LogP contribution in [0.5, 0.6) is 5.75 Å². The quantitative estimate of drug-likeness (QED) is 0.247. The predicted octanol–water partition coefficient (Wildman–Crippen LogP) is 0.874. The first kappa shape index (κ1) is 28.7. The first-order chi connectivity index (χ1) is 19.2. The number of esters is 2. The van der Waals surface area contributed by atoms with Gasteiger partial charge in [0.2, 0.25) is 12.2 Å². The second kappa shape index (κ2) is 12.3. The van der Waals surface area contributed by atoms with Crippen LogP contribution >= 0.6 is 0 Å². The standard InChI is InChI=1S/C27H29N3O10/c1-13(32)29-22-24(34)23(33)20(12-31)40-27(22)39-16-7-5-15(6-8-16)30-21-17-10-14(25(35)37-2)4-9-19(17)28-11-18(21)26(36)38-3/h4-11,20,22-24,27,31,33-34H,12H2,1-3H3,(H,28,30)(H,29,32)/t20-,22+,23-,24+,27-/m1/s1. The van der Waals surface area contributed by atoms with Gasteiger partial charge < -0.3 is 44.9 Å². The van der Waals surface area contributed by atoms with Crippen LogP contribution in [0.15, 0.2) is 48.7 Å². The summed E-state index contributed by atoms with van der Waals surface area (Å²) in [4.78, 5) is 40.6. The number of ether oxygens (including phenoxy) is 4. The summed E-state index contributed by atoms with van der Waals surface area (Å²) in [5.74, 6) is -1.39. The van der Waals surface area contributed by atoms with E-state index in [9.17, 15) is 29.7 Å². The van der Waals surface area contributed by atoms with Crippen LogP contribution in [-0.4, -0.2) is 89.6 Å². The van der Waals surface area contributed by atoms with Crippen molar-refractivity contribution in [1.29, 1.82) is 0 Å². The number of aromatic nitrogens is 1. The van der Waals surface area contributed by atoms with Gasteiger partial charge in [-0.05, 0) is 42.5 Å². The van der Waals surface area contributed by atoms with Crippen molar-refractivity contribution >= 4 is 40.1 Å². The highest BCUT2D eigenvalue weighted by Gasteiger charge is 2.46. The number of hydrogen-bond acceptors (Lipinski definition) is 12. The second-order valence-corrected chi connectivity index (χ2v) is 8.96. The van der Waals surface area contributed by atoms with Crippen LogP contribution < -0.4 is 15.4 Å². The lowest BCUT2D eigenvalue weighted by Gasteiger charge is -2.42. The molecule has 0 saturated carbocycles. The maximum atomic E-state index is 12.5. The van der Waals surface area contributed by atoms with Gasteiger partial charge in [0, 0.05) is 24.2 Å². The lowest BCUT2D eigenvalue weighted by Crippen LogP contribution is -2.65. The summed E-state index contributed by atoms with van der Waals surface area (Å²) < 4.78 is 21.2. The topological polar surface area (TPSA) is 186 Å². The molecule has 1 amide bonds. The Hall–Kier alpha value is -4.30. The molecule has 13 heteroatoms. The summed E-state index contributed by atoms with van der Waals surface area (Å²) >= 11 is 0. The molecule has 13 nitrogen and oxygen atoms in total. The average molecular weight is 556 g/mol. The van der Waals surface area contributed by atoms with E-state index in [1.165, 1.54) is 27.3 Å². The first-order valence-electron chi connectivity index (χ1n) is 12.2. The zero-order valence-electron chi connectivity index (χ0n) is 21.9. The molecule has 40 heavy (non-hydrogen) atoms. The van der Waals surface area contributed by atoms with E-state index < -0.39 is 55.1 Å². The average Bonchev–Trinajstić information content (AvgIpc) is 2.96. The summed E-state index contributed by atoms with van der Waals surface area (Å²) in [6, 6.07) is 10.1. The van der Waals surface area contributed by atoms with E-state index in [1.54, 1.807) is 42.5 Å². The van der Waals surface area contributed by atoms with E-state index in [4.69, 9.17) is 18.9 Å². The number of carbonyl (C=O) groups excluding carboxylic acids is 3. The van der Waals surface area contributed by atoms with Crippen LogP contribution in [0, 0.1) is 0 Å². The molecule has 1 aromatic heterocycles. The second-order valence-electron chi connectivity index (χ2n) is 8.96. The minimum atomic E-state index is -1.45. The van der Waals surface area contributed by atoms with Crippen LogP contribution in [-0.2, 0) is 19.0 Å². The van der Waals surface area contributed by atoms with Crippen LogP contribution in [0.3, 0.4) is 0 Å². The monoisotopic (exact) mass is 555 g/mol. The van der Waals surface area contributed by atoms with Gasteiger partial charge in [-0.15, -0.1) is 0 Å². The molecule has 1 saturated heterocycles. The number of fused-ring (bicyclic) bond motifs is 1. The molecule has 5 N–H and O–H groups in total. The van der Waals surface area contributed by atoms with E-state index in [-0.39, 0.29) is 16.9 Å². The van der Waals surface area contributed by atoms with Crippen molar-refractivity contribution < 1.29 is 48.7 Å². The Morgan fingerprint density at radius 2 is 1.70 bits per heavy atom. The van der Waals surface area contributed by atoms with Crippen LogP contribution in [0.2, 0.25) is 0 Å². The van der Waals surface area contributed by atoms with Crippen molar-refractivity contribution in [1.82, 2.24) is 10.3 Å². The molecule has 1 aliphatic heterocycles. The molecule has 1 fully saturated rings. The fraction of sp³-hybridized carbons (Fsp3) is 0.333. The van der Waals surface area contributed by atoms with Crippen molar-refractivity contribution in [3.8, 4) is 5.75 Å². The number of methoxy groups -OCH3 is 2. The number of pyridine rings is 1. The molecule has 0 radical (unpaired) electrons. The fourth-order valence-corrected chi connectivity index (χ4v) is 4.30. The number of aliphatic hydroxyl groups excluding tert-OH is 3. The third-order valence-electron chi connectivity index (χ3n) is 6.32. The van der Waals surface area contributed by atoms with Gasteiger partial charge in [-0.25, -0.2) is 9.59 Å². The van der Waals surface area contributed by atoms with Crippen molar-refractivity contribution in [2.24, 2.45) is 0 Å². The number of hydrogen-bond donors (Lipinski definition) is 5. The highest BCUT2D eigenvalue weighted by Crippen LogP contribution is 2.32. The van der Waals surface area contributed by atoms with Gasteiger partial charge in [-0.1, -0.05) is 0 Å². The molecule has 2 heterocycles. The number of nitrogens with one attached hydrogen (secondary N) is 2. The zero-order valence-corrected chi connectivity index (χ0v) is 21.9. The van der Waals surface area contributed by atoms with Gasteiger partial charge in [0.25, 0.3) is 0 Å². The number of rotatable bonds is 8. The minimum absolute atomic E-state index is 0.133. The summed E-state index contributed by atoms with van der Waals surface area (Å²) in [5.41, 5.74) is 1.79. The van der Waals surface area contributed by atoms with Crippen molar-refractivity contribution in [3.05, 3.63) is 59.8 Å². The number of aliphatic hydroxyl groups is 3. The summed E-state index contributed by atoms with van der Waals surface area (Å²) in [6.07, 6.45) is -3.87. The molecule has 5 atom stereocenters. The highest BCUT2D eigenvalue weighted by atomic mass is 16.7. The van der Waals surface area contributed by atoms with E-state index in [1.807, 2.05) is 0 Å². The smallest absolute Gasteiger partial charge is 0.341 e. The van der Waals surface area contributed by atoms with Gasteiger partial charge in [0.15, 0.2) is 0 Å². The maximum Gasteiger partial charge on any atom is 0.341 e. The third kappa shape index (κ3) is 5.97. The Bertz CT molecular complexity index is 1390. The molecule has 4 rings (SSSR count). The molecule has 1 aliphatic rings. The predicted molar refractivity (Wildman–Crippen MR) is 140 cm³/mol. The lowest BCUT2D eigenvalue weighted by atomic mass is 9.97. The Labute approximate surface area is 228 Å². The fourth-order valence-electron chi connectivity index (χ4n) is 4.30. The van der Waals surface area contributed by atoms with E-state index >= 15 is 0 Å². The first-order valence-corrected chi connectivity index (χ1v) is 12.2. The highest BCUT2D eigenvalue weighted by molar-refractivity contribution is 6.07. The third-order valence-corrected chi connectivity index (χ3v) is 6.32. The molecule has 2 aromatic carbocycles. The van der Waals surface area contributed by atoms with E-state index in [2.05, 4.69) is 15.6 Å². The van der Waals surface area contributed by atoms with Gasteiger partial charge in [0.05, 0.1) is 37.6 Å². The summed E-state index contributed by atoms with van der Waals surface area (Å²) in [5, 5.41) is 36.3. The summed E-state index contributed by atoms with van der Waals surface area (Å²) in [7, 11) is 2.51. The molecular formula is C27H29N3O10. The summed E-state index contributed by atoms with van der Waals surface area (Å²) in [6.45, 7) is 0.669. The SMILES string of the molecule is COC(=O)c1ccc2ncc(C(=O)OC)c(Nc3ccc(O[C@@H]4O[C@H](CO)[C@@H](O)[C@@H](O)[C@@H]4NC(C)=O)cc3)c2c1. The number of anilines is 2. The molecular weight excluding hydrogens is 526 g/mol. The van der Waals surface area contributed by atoms with Crippen molar-refractivity contribution in [2.75, 3.05) is 26.1 Å². The number of nitrogens with zero attached hydrogens (tertiary/aromatic N) is 1. The molecule has 0 bridgehead atoms. The van der Waals surface area contributed by atoms with Gasteiger partial charge in [-0.2, -0.15) is 0 Å². The largest absolute Gasteiger partial charge is 0.465 e. The normalized spacial score (nSPS) is 22.3. The Morgan fingerprint density at radius 1 is 1.00 bits per heavy atom. The maximum absolute atomic E-state index is 12.5. The molecule has 0 aliphatic carbocycles. The Kier molecular flexibility index (Phi) is 8.80. The van der Waals surface area contributed by atoms with Crippen LogP contribution in [0.25, 0.3) is 10.9 Å². The van der Waals surface area contributed by atoms with E-state index in [0.29, 0.717) is 22.3 Å². The van der Waals surface area contributed by atoms with Crippen LogP contribution in [0.4, 0.5) is 11.4 Å². The van der Waals surface area contributed by atoms with Crippen molar-refractivity contribution in [2.45, 2.75) is 37.6 Å². The lowest BCUT2D eigenvalue weighted by molar-refractivity contribution is -0.244. The van der Waals surface area contributed by atoms with Gasteiger partial charge in [0.1, 0.15) is 35.7 Å². The van der Waals surface area contributed by atoms with Gasteiger partial charge >= 0.3 is 11.9 Å². The molecule has 0 spiro atoms. The van der Waals surface area contributed by atoms with Crippen molar-refractivity contribution in [3.63, 3.8) is 0 Å². The molecule has 0 unspecified atom stereocenters. The number of carbonyl (C=O) groups is 3. The Balaban J connectivity index is 1.63. The minimum Gasteiger partial charge on any atom is -0.465 e. The zero-order chi connectivity index (χ0) is 29.0. The number of benzene rings is 2. The molecule has 212 valence electrons.